The van der Waals surface area contributed by atoms with Gasteiger partial charge in [-0.2, -0.15) is 0 Å². The first kappa shape index (κ1) is 12.6. The smallest absolute Gasteiger partial charge is 0.137 e. The molecule has 1 saturated heterocycles. The Hall–Kier alpha value is -0.450. The van der Waals surface area contributed by atoms with E-state index in [9.17, 15) is 4.39 Å². The number of hydrogen-bond acceptors (Lipinski definition) is 2. The van der Waals surface area contributed by atoms with Crippen molar-refractivity contribution in [2.75, 3.05) is 13.6 Å². The van der Waals surface area contributed by atoms with E-state index in [0.717, 1.165) is 18.5 Å². The van der Waals surface area contributed by atoms with Gasteiger partial charge in [-0.3, -0.25) is 0 Å². The topological polar surface area (TPSA) is 12.5 Å². The molecule has 0 N–H and O–H groups in total. The van der Waals surface area contributed by atoms with Gasteiger partial charge in [0.1, 0.15) is 5.82 Å². The lowest BCUT2D eigenvalue weighted by Crippen LogP contribution is -2.35. The van der Waals surface area contributed by atoms with Gasteiger partial charge >= 0.3 is 0 Å². The number of likely N-dealkylation sites (tertiary alicyclic amines) is 1. The molecule has 1 heterocycles. The Morgan fingerprint density at radius 2 is 2.28 bits per heavy atom. The SMILES string of the molecule is CN1CC2CC1CC2OCc1ccc(Br)c(F)c1. The molecule has 4 heteroatoms. The Labute approximate surface area is 115 Å². The first-order valence-electron chi connectivity index (χ1n) is 6.39. The number of rotatable bonds is 3. The van der Waals surface area contributed by atoms with E-state index in [0.29, 0.717) is 29.1 Å². The maximum absolute atomic E-state index is 13.4. The lowest BCUT2D eigenvalue weighted by molar-refractivity contribution is -0.00641. The van der Waals surface area contributed by atoms with Crippen LogP contribution in [0.4, 0.5) is 4.39 Å². The van der Waals surface area contributed by atoms with E-state index in [1.54, 1.807) is 12.1 Å². The lowest BCUT2D eigenvalue weighted by Gasteiger charge is -2.28. The molecule has 18 heavy (non-hydrogen) atoms. The van der Waals surface area contributed by atoms with Gasteiger partial charge in [-0.1, -0.05) is 6.07 Å². The second-order valence-corrected chi connectivity index (χ2v) is 6.28. The molecule has 3 atom stereocenters. The third-order valence-corrected chi connectivity index (χ3v) is 4.84. The highest BCUT2D eigenvalue weighted by Gasteiger charge is 2.43. The van der Waals surface area contributed by atoms with Crippen molar-refractivity contribution in [2.24, 2.45) is 5.92 Å². The first-order valence-corrected chi connectivity index (χ1v) is 7.18. The van der Waals surface area contributed by atoms with Gasteiger partial charge in [0.25, 0.3) is 0 Å². The molecular weight excluding hydrogens is 297 g/mol. The summed E-state index contributed by atoms with van der Waals surface area (Å²) in [6.45, 7) is 1.66. The van der Waals surface area contributed by atoms with E-state index < -0.39 is 0 Å². The third-order valence-electron chi connectivity index (χ3n) is 4.20. The fourth-order valence-electron chi connectivity index (χ4n) is 3.17. The molecule has 1 aromatic carbocycles. The van der Waals surface area contributed by atoms with E-state index in [4.69, 9.17) is 4.74 Å². The average molecular weight is 314 g/mol. The predicted molar refractivity (Wildman–Crippen MR) is 71.8 cm³/mol. The molecule has 0 radical (unpaired) electrons. The zero-order valence-corrected chi connectivity index (χ0v) is 12.0. The maximum atomic E-state index is 13.4. The van der Waals surface area contributed by atoms with Crippen LogP contribution >= 0.6 is 15.9 Å². The summed E-state index contributed by atoms with van der Waals surface area (Å²) in [5.74, 6) is 0.448. The number of ether oxygens (including phenoxy) is 1. The molecule has 0 spiro atoms. The average Bonchev–Trinajstić information content (AvgIpc) is 2.89. The molecule has 1 saturated carbocycles. The summed E-state index contributed by atoms with van der Waals surface area (Å²) in [4.78, 5) is 2.42. The summed E-state index contributed by atoms with van der Waals surface area (Å²) in [5, 5.41) is 0. The quantitative estimate of drug-likeness (QED) is 0.849. The molecule has 2 fully saturated rings. The van der Waals surface area contributed by atoms with Gasteiger partial charge in [0, 0.05) is 12.6 Å². The summed E-state index contributed by atoms with van der Waals surface area (Å²) >= 11 is 3.16. The number of fused-ring (bicyclic) bond motifs is 2. The van der Waals surface area contributed by atoms with Crippen molar-refractivity contribution < 1.29 is 9.13 Å². The molecule has 2 aliphatic rings. The second kappa shape index (κ2) is 4.91. The molecular formula is C14H17BrFNO. The minimum atomic E-state index is -0.219. The third kappa shape index (κ3) is 2.33. The number of benzene rings is 1. The summed E-state index contributed by atoms with van der Waals surface area (Å²) in [5.41, 5.74) is 0.909. The highest BCUT2D eigenvalue weighted by atomic mass is 79.9. The maximum Gasteiger partial charge on any atom is 0.137 e. The van der Waals surface area contributed by atoms with E-state index in [2.05, 4.69) is 27.9 Å². The zero-order valence-electron chi connectivity index (χ0n) is 10.4. The fraction of sp³-hybridized carbons (Fsp3) is 0.571. The zero-order chi connectivity index (χ0) is 12.7. The van der Waals surface area contributed by atoms with E-state index in [1.807, 2.05) is 6.07 Å². The Morgan fingerprint density at radius 3 is 2.89 bits per heavy atom. The summed E-state index contributed by atoms with van der Waals surface area (Å²) < 4.78 is 19.8. The van der Waals surface area contributed by atoms with Crippen molar-refractivity contribution in [3.63, 3.8) is 0 Å². The van der Waals surface area contributed by atoms with Crippen molar-refractivity contribution in [3.8, 4) is 0 Å². The minimum absolute atomic E-state index is 0.219. The predicted octanol–water partition coefficient (Wildman–Crippen LogP) is 3.20. The molecule has 1 aliphatic heterocycles. The summed E-state index contributed by atoms with van der Waals surface area (Å²) in [7, 11) is 2.19. The van der Waals surface area contributed by atoms with Gasteiger partial charge < -0.3 is 9.64 Å². The van der Waals surface area contributed by atoms with Crippen LogP contribution in [0.25, 0.3) is 0 Å². The molecule has 3 rings (SSSR count). The van der Waals surface area contributed by atoms with Crippen LogP contribution in [0.1, 0.15) is 18.4 Å². The Bertz CT molecular complexity index is 451. The summed E-state index contributed by atoms with van der Waals surface area (Å²) in [6.07, 6.45) is 2.74. The molecule has 0 aromatic heterocycles. The molecule has 1 aliphatic carbocycles. The van der Waals surface area contributed by atoms with Crippen molar-refractivity contribution >= 4 is 15.9 Å². The van der Waals surface area contributed by atoms with Crippen LogP contribution in [-0.2, 0) is 11.3 Å². The highest BCUT2D eigenvalue weighted by Crippen LogP contribution is 2.38. The minimum Gasteiger partial charge on any atom is -0.373 e. The first-order chi connectivity index (χ1) is 8.63. The van der Waals surface area contributed by atoms with E-state index in [1.165, 1.54) is 6.42 Å². The van der Waals surface area contributed by atoms with Gasteiger partial charge in [-0.05, 0) is 59.4 Å². The van der Waals surface area contributed by atoms with Gasteiger partial charge in [0.2, 0.25) is 0 Å². The number of halogens is 2. The van der Waals surface area contributed by atoms with E-state index in [-0.39, 0.29) is 5.82 Å². The molecule has 1 aromatic rings. The van der Waals surface area contributed by atoms with Crippen molar-refractivity contribution in [2.45, 2.75) is 31.6 Å². The van der Waals surface area contributed by atoms with Gasteiger partial charge in [0.15, 0.2) is 0 Å². The number of hydrogen-bond donors (Lipinski definition) is 0. The molecule has 2 bridgehead atoms. The molecule has 3 unspecified atom stereocenters. The number of piperidine rings is 1. The second-order valence-electron chi connectivity index (χ2n) is 5.42. The number of nitrogens with zero attached hydrogens (tertiary/aromatic N) is 1. The Kier molecular flexibility index (Phi) is 3.43. The normalized spacial score (nSPS) is 31.2. The Balaban J connectivity index is 1.57. The summed E-state index contributed by atoms with van der Waals surface area (Å²) in [6, 6.07) is 5.89. The van der Waals surface area contributed by atoms with Crippen LogP contribution in [0.3, 0.4) is 0 Å². The van der Waals surface area contributed by atoms with E-state index >= 15 is 0 Å². The van der Waals surface area contributed by atoms with Crippen LogP contribution in [0.15, 0.2) is 22.7 Å². The van der Waals surface area contributed by atoms with Gasteiger partial charge in [0.05, 0.1) is 17.2 Å². The van der Waals surface area contributed by atoms with Crippen LogP contribution in [-0.4, -0.2) is 30.6 Å². The monoisotopic (exact) mass is 313 g/mol. The molecule has 98 valence electrons. The van der Waals surface area contributed by atoms with Gasteiger partial charge in [-0.15, -0.1) is 0 Å². The standard InChI is InChI=1S/C14H17BrFNO/c1-17-7-10-5-11(17)6-14(10)18-8-9-2-3-12(15)13(16)4-9/h2-4,10-11,14H,5-8H2,1H3. The largest absolute Gasteiger partial charge is 0.373 e. The van der Waals surface area contributed by atoms with Gasteiger partial charge in [-0.25, -0.2) is 4.39 Å². The fourth-order valence-corrected chi connectivity index (χ4v) is 3.41. The Morgan fingerprint density at radius 1 is 1.44 bits per heavy atom. The van der Waals surface area contributed by atoms with Crippen LogP contribution < -0.4 is 0 Å². The van der Waals surface area contributed by atoms with Crippen LogP contribution in [0, 0.1) is 11.7 Å². The van der Waals surface area contributed by atoms with Crippen LogP contribution in [0.5, 0.6) is 0 Å². The highest BCUT2D eigenvalue weighted by molar-refractivity contribution is 9.10. The van der Waals surface area contributed by atoms with Crippen molar-refractivity contribution in [3.05, 3.63) is 34.1 Å². The lowest BCUT2D eigenvalue weighted by atomic mass is 10.1. The van der Waals surface area contributed by atoms with Crippen molar-refractivity contribution in [1.82, 2.24) is 4.90 Å². The molecule has 0 amide bonds. The van der Waals surface area contributed by atoms with Crippen LogP contribution in [0.2, 0.25) is 0 Å². The van der Waals surface area contributed by atoms with Crippen molar-refractivity contribution in [1.29, 1.82) is 0 Å². The molecule has 2 nitrogen and oxygen atoms in total.